The maximum absolute atomic E-state index is 13.3. The summed E-state index contributed by atoms with van der Waals surface area (Å²) in [7, 11) is 0. The zero-order valence-electron chi connectivity index (χ0n) is 16.9. The van der Waals surface area contributed by atoms with Crippen molar-refractivity contribution in [3.8, 4) is 0 Å². The standard InChI is InChI=1S/C22H23F4N3O2/c23-17-3-5-18(6-4-17)29-15-21(31-14-20(29)30)8-1-10-28(11-9-21)13-16-2-7-19(27-12-16)22(24,25)26/h2-7,12H,1,8-11,13-15H2. The molecule has 0 radical (unpaired) electrons. The highest BCUT2D eigenvalue weighted by molar-refractivity contribution is 5.95. The molecular weight excluding hydrogens is 414 g/mol. The van der Waals surface area contributed by atoms with Crippen LogP contribution < -0.4 is 4.90 Å². The number of hydrogen-bond donors (Lipinski definition) is 0. The van der Waals surface area contributed by atoms with Crippen molar-refractivity contribution in [2.75, 3.05) is 31.1 Å². The van der Waals surface area contributed by atoms with E-state index in [1.807, 2.05) is 0 Å². The summed E-state index contributed by atoms with van der Waals surface area (Å²) in [6.07, 6.45) is -0.888. The Balaban J connectivity index is 1.41. The van der Waals surface area contributed by atoms with Crippen LogP contribution in [-0.2, 0) is 22.3 Å². The first-order valence-electron chi connectivity index (χ1n) is 10.2. The third kappa shape index (κ3) is 5.04. The van der Waals surface area contributed by atoms with Crippen molar-refractivity contribution >= 4 is 11.6 Å². The van der Waals surface area contributed by atoms with Gasteiger partial charge in [0.2, 0.25) is 0 Å². The first kappa shape index (κ1) is 21.7. The number of morpholine rings is 1. The molecular formula is C22H23F4N3O2. The fraction of sp³-hybridized carbons (Fsp3) is 0.455. The van der Waals surface area contributed by atoms with Gasteiger partial charge in [-0.1, -0.05) is 6.07 Å². The lowest BCUT2D eigenvalue weighted by Gasteiger charge is -2.42. The molecule has 1 aromatic carbocycles. The molecule has 2 saturated heterocycles. The molecule has 0 bridgehead atoms. The second-order valence-corrected chi connectivity index (χ2v) is 8.11. The number of pyridine rings is 1. The molecule has 0 N–H and O–H groups in total. The van der Waals surface area contributed by atoms with E-state index >= 15 is 0 Å². The molecule has 1 amide bonds. The van der Waals surface area contributed by atoms with Gasteiger partial charge in [0.25, 0.3) is 5.91 Å². The molecule has 2 aromatic rings. The second-order valence-electron chi connectivity index (χ2n) is 8.11. The zero-order valence-corrected chi connectivity index (χ0v) is 16.9. The number of rotatable bonds is 3. The van der Waals surface area contributed by atoms with Gasteiger partial charge >= 0.3 is 6.18 Å². The Morgan fingerprint density at radius 3 is 2.52 bits per heavy atom. The Morgan fingerprint density at radius 2 is 1.84 bits per heavy atom. The molecule has 9 heteroatoms. The number of carbonyl (C=O) groups excluding carboxylic acids is 1. The molecule has 166 valence electrons. The average molecular weight is 437 g/mol. The summed E-state index contributed by atoms with van der Waals surface area (Å²) >= 11 is 0. The lowest BCUT2D eigenvalue weighted by molar-refractivity contribution is -0.141. The smallest absolute Gasteiger partial charge is 0.363 e. The van der Waals surface area contributed by atoms with Crippen molar-refractivity contribution in [3.05, 3.63) is 59.7 Å². The molecule has 0 aliphatic carbocycles. The molecule has 1 atom stereocenters. The summed E-state index contributed by atoms with van der Waals surface area (Å²) in [6, 6.07) is 8.31. The third-order valence-corrected chi connectivity index (χ3v) is 5.90. The van der Waals surface area contributed by atoms with E-state index < -0.39 is 17.5 Å². The molecule has 2 aliphatic heterocycles. The molecule has 4 rings (SSSR count). The SMILES string of the molecule is O=C1COC2(CCCN(Cc3ccc(C(F)(F)F)nc3)CC2)CN1c1ccc(F)cc1. The number of anilines is 1. The third-order valence-electron chi connectivity index (χ3n) is 5.90. The maximum Gasteiger partial charge on any atom is 0.433 e. The average Bonchev–Trinajstić information content (AvgIpc) is 2.93. The van der Waals surface area contributed by atoms with Gasteiger partial charge in [-0.05, 0) is 61.7 Å². The van der Waals surface area contributed by atoms with Gasteiger partial charge in [0.1, 0.15) is 18.1 Å². The van der Waals surface area contributed by atoms with Gasteiger partial charge in [0.15, 0.2) is 0 Å². The van der Waals surface area contributed by atoms with Gasteiger partial charge in [-0.2, -0.15) is 13.2 Å². The number of ether oxygens (including phenoxy) is 1. The van der Waals surface area contributed by atoms with Crippen LogP contribution in [0.2, 0.25) is 0 Å². The van der Waals surface area contributed by atoms with Crippen molar-refractivity contribution in [1.82, 2.24) is 9.88 Å². The Morgan fingerprint density at radius 1 is 1.06 bits per heavy atom. The largest absolute Gasteiger partial charge is 0.433 e. The Labute approximate surface area is 177 Å². The molecule has 0 saturated carbocycles. The van der Waals surface area contributed by atoms with Crippen molar-refractivity contribution in [3.63, 3.8) is 0 Å². The van der Waals surface area contributed by atoms with E-state index in [-0.39, 0.29) is 18.3 Å². The number of halogens is 4. The first-order chi connectivity index (χ1) is 14.7. The lowest BCUT2D eigenvalue weighted by Crippen LogP contribution is -2.55. The minimum Gasteiger partial charge on any atom is -0.363 e. The summed E-state index contributed by atoms with van der Waals surface area (Å²) in [5, 5.41) is 0. The molecule has 2 aliphatic rings. The van der Waals surface area contributed by atoms with E-state index in [1.54, 1.807) is 17.0 Å². The minimum atomic E-state index is -4.44. The van der Waals surface area contributed by atoms with Crippen molar-refractivity contribution < 1.29 is 27.1 Å². The Hall–Kier alpha value is -2.52. The predicted octanol–water partition coefficient (Wildman–Crippen LogP) is 4.03. The number of alkyl halides is 3. The van der Waals surface area contributed by atoms with Crippen LogP contribution in [0.25, 0.3) is 0 Å². The molecule has 2 fully saturated rings. The number of benzene rings is 1. The predicted molar refractivity (Wildman–Crippen MR) is 106 cm³/mol. The number of nitrogens with zero attached hydrogens (tertiary/aromatic N) is 3. The molecule has 3 heterocycles. The van der Waals surface area contributed by atoms with Crippen molar-refractivity contribution in [2.45, 2.75) is 37.6 Å². The summed E-state index contributed by atoms with van der Waals surface area (Å²) in [4.78, 5) is 19.8. The molecule has 5 nitrogen and oxygen atoms in total. The van der Waals surface area contributed by atoms with Gasteiger partial charge in [-0.15, -0.1) is 0 Å². The molecule has 1 spiro atoms. The van der Waals surface area contributed by atoms with Crippen LogP contribution in [0.4, 0.5) is 23.2 Å². The zero-order chi connectivity index (χ0) is 22.1. The van der Waals surface area contributed by atoms with Gasteiger partial charge in [-0.25, -0.2) is 4.39 Å². The highest BCUT2D eigenvalue weighted by Crippen LogP contribution is 2.33. The van der Waals surface area contributed by atoms with E-state index in [0.717, 1.165) is 31.0 Å². The highest BCUT2D eigenvalue weighted by Gasteiger charge is 2.41. The van der Waals surface area contributed by atoms with Crippen LogP contribution in [0.1, 0.15) is 30.5 Å². The topological polar surface area (TPSA) is 45.7 Å². The van der Waals surface area contributed by atoms with E-state index in [4.69, 9.17) is 4.74 Å². The fourth-order valence-electron chi connectivity index (χ4n) is 4.20. The highest BCUT2D eigenvalue weighted by atomic mass is 19.4. The van der Waals surface area contributed by atoms with E-state index in [1.165, 1.54) is 24.4 Å². The Kier molecular flexibility index (Phi) is 5.98. The number of aromatic nitrogens is 1. The number of carbonyl (C=O) groups is 1. The number of amides is 1. The van der Waals surface area contributed by atoms with E-state index in [0.29, 0.717) is 31.7 Å². The summed E-state index contributed by atoms with van der Waals surface area (Å²) in [6.45, 7) is 2.33. The van der Waals surface area contributed by atoms with Crippen LogP contribution >= 0.6 is 0 Å². The summed E-state index contributed by atoms with van der Waals surface area (Å²) in [5.74, 6) is -0.517. The summed E-state index contributed by atoms with van der Waals surface area (Å²) < 4.78 is 57.4. The number of likely N-dealkylation sites (tertiary alicyclic amines) is 1. The quantitative estimate of drug-likeness (QED) is 0.681. The molecule has 1 unspecified atom stereocenters. The van der Waals surface area contributed by atoms with Gasteiger partial charge in [-0.3, -0.25) is 14.7 Å². The van der Waals surface area contributed by atoms with Crippen LogP contribution in [-0.4, -0.2) is 47.6 Å². The van der Waals surface area contributed by atoms with Crippen LogP contribution in [0.5, 0.6) is 0 Å². The van der Waals surface area contributed by atoms with E-state index in [9.17, 15) is 22.4 Å². The van der Waals surface area contributed by atoms with Crippen LogP contribution in [0.3, 0.4) is 0 Å². The monoisotopic (exact) mass is 437 g/mol. The molecule has 1 aromatic heterocycles. The second kappa shape index (κ2) is 8.55. The molecule has 31 heavy (non-hydrogen) atoms. The number of hydrogen-bond acceptors (Lipinski definition) is 4. The fourth-order valence-corrected chi connectivity index (χ4v) is 4.20. The van der Waals surface area contributed by atoms with Crippen molar-refractivity contribution in [2.24, 2.45) is 0 Å². The maximum atomic E-state index is 13.3. The van der Waals surface area contributed by atoms with Crippen LogP contribution in [0.15, 0.2) is 42.6 Å². The van der Waals surface area contributed by atoms with Crippen molar-refractivity contribution in [1.29, 1.82) is 0 Å². The summed E-state index contributed by atoms with van der Waals surface area (Å²) in [5.41, 5.74) is -0.0232. The normalized spacial score (nSPS) is 23.2. The van der Waals surface area contributed by atoms with Crippen LogP contribution in [0, 0.1) is 5.82 Å². The van der Waals surface area contributed by atoms with E-state index in [2.05, 4.69) is 9.88 Å². The van der Waals surface area contributed by atoms with Gasteiger partial charge in [0, 0.05) is 25.0 Å². The van der Waals surface area contributed by atoms with Gasteiger partial charge in [0.05, 0.1) is 12.1 Å². The minimum absolute atomic E-state index is 0.0276. The van der Waals surface area contributed by atoms with Gasteiger partial charge < -0.3 is 9.64 Å². The first-order valence-corrected chi connectivity index (χ1v) is 10.2. The lowest BCUT2D eigenvalue weighted by atomic mass is 9.92. The Bertz CT molecular complexity index is 918.